The average molecular weight is 535 g/mol. The lowest BCUT2D eigenvalue weighted by Crippen LogP contribution is -2.43. The molecule has 212 valence electrons. The molecule has 4 aliphatic rings. The third kappa shape index (κ3) is 6.63. The van der Waals surface area contributed by atoms with Crippen molar-refractivity contribution in [1.82, 2.24) is 0 Å². The number of aldehydes is 1. The number of rotatable bonds is 8. The minimum atomic E-state index is -0.796. The summed E-state index contributed by atoms with van der Waals surface area (Å²) in [6.07, 6.45) is 15.8. The molecule has 3 fully saturated rings. The Morgan fingerprint density at radius 1 is 0.974 bits per heavy atom. The van der Waals surface area contributed by atoms with E-state index in [-0.39, 0.29) is 11.9 Å². The second kappa shape index (κ2) is 12.3. The van der Waals surface area contributed by atoms with Gasteiger partial charge in [-0.3, -0.25) is 9.59 Å². The first-order valence-corrected chi connectivity index (χ1v) is 15.5. The molecule has 0 amide bonds. The predicted octanol–water partition coefficient (Wildman–Crippen LogP) is 7.71. The molecular formula is C33H46N2O4. The van der Waals surface area contributed by atoms with Crippen LogP contribution in [-0.4, -0.2) is 29.3 Å². The molecule has 1 aromatic rings. The summed E-state index contributed by atoms with van der Waals surface area (Å²) in [6.45, 7) is 6.50. The summed E-state index contributed by atoms with van der Waals surface area (Å²) in [6, 6.07) is 5.53. The molecule has 0 N–H and O–H groups in total. The van der Waals surface area contributed by atoms with Crippen LogP contribution in [0.4, 0.5) is 0 Å². The molecule has 1 aromatic carbocycles. The van der Waals surface area contributed by atoms with E-state index in [2.05, 4.69) is 24.1 Å². The first-order valence-electron chi connectivity index (χ1n) is 15.5. The van der Waals surface area contributed by atoms with Gasteiger partial charge in [-0.15, -0.1) is 0 Å². The Balaban J connectivity index is 1.27. The summed E-state index contributed by atoms with van der Waals surface area (Å²) < 4.78 is 12.4. The number of hydrogen-bond acceptors (Lipinski definition) is 6. The van der Waals surface area contributed by atoms with Crippen LogP contribution in [0, 0.1) is 29.6 Å². The Hall–Kier alpha value is -2.50. The molecule has 3 aliphatic carbocycles. The van der Waals surface area contributed by atoms with Gasteiger partial charge >= 0.3 is 5.97 Å². The molecule has 0 aromatic heterocycles. The maximum atomic E-state index is 13.0. The standard InChI is InChI=1S/C33H46N2O4/c1-4-24-7-11-25(12-8-24)26-15-17-33(21-36,18-16-26)39-28-13-14-31(29(20-28)30-19-23(3)34-35-30)38-32(37)27-9-5-22(2)6-10-27/h13-14,20-22,24-27H,4-12,15-19H2,1-3H3. The van der Waals surface area contributed by atoms with E-state index in [1.807, 2.05) is 19.1 Å². The van der Waals surface area contributed by atoms with Gasteiger partial charge < -0.3 is 9.47 Å². The van der Waals surface area contributed by atoms with Crippen LogP contribution in [0.5, 0.6) is 11.5 Å². The predicted molar refractivity (Wildman–Crippen MR) is 155 cm³/mol. The van der Waals surface area contributed by atoms with Crippen LogP contribution in [0.1, 0.15) is 116 Å². The number of esters is 1. The van der Waals surface area contributed by atoms with Crippen LogP contribution in [0.15, 0.2) is 28.4 Å². The molecule has 0 bridgehead atoms. The molecule has 0 unspecified atom stereocenters. The number of ether oxygens (including phenoxy) is 2. The highest BCUT2D eigenvalue weighted by atomic mass is 16.5. The van der Waals surface area contributed by atoms with Crippen LogP contribution in [0.3, 0.4) is 0 Å². The van der Waals surface area contributed by atoms with E-state index in [1.54, 1.807) is 6.07 Å². The van der Waals surface area contributed by atoms with Crippen molar-refractivity contribution in [3.63, 3.8) is 0 Å². The third-order valence-electron chi connectivity index (χ3n) is 10.1. The molecule has 6 heteroatoms. The Labute approximate surface area is 234 Å². The van der Waals surface area contributed by atoms with Gasteiger partial charge in [0.15, 0.2) is 11.9 Å². The van der Waals surface area contributed by atoms with Gasteiger partial charge in [0.1, 0.15) is 11.5 Å². The Morgan fingerprint density at radius 3 is 2.28 bits per heavy atom. The average Bonchev–Trinajstić information content (AvgIpc) is 3.40. The smallest absolute Gasteiger partial charge is 0.314 e. The maximum absolute atomic E-state index is 13.0. The van der Waals surface area contributed by atoms with Crippen molar-refractivity contribution in [3.8, 4) is 11.5 Å². The SMILES string of the molecule is CCC1CCC(C2CCC(C=O)(Oc3ccc(OC(=O)C4CCC(C)CC4)c(C4=NN=C(C)C4)c3)CC2)CC1. The minimum Gasteiger partial charge on any atom is -0.480 e. The zero-order chi connectivity index (χ0) is 27.4. The second-order valence-electron chi connectivity index (χ2n) is 12.9. The van der Waals surface area contributed by atoms with Crippen molar-refractivity contribution >= 4 is 23.7 Å². The zero-order valence-corrected chi connectivity index (χ0v) is 24.1. The van der Waals surface area contributed by atoms with Gasteiger partial charge in [0, 0.05) is 17.7 Å². The molecule has 39 heavy (non-hydrogen) atoms. The van der Waals surface area contributed by atoms with Gasteiger partial charge in [0.2, 0.25) is 0 Å². The first kappa shape index (κ1) is 28.0. The Kier molecular flexibility index (Phi) is 8.88. The van der Waals surface area contributed by atoms with E-state index in [9.17, 15) is 9.59 Å². The summed E-state index contributed by atoms with van der Waals surface area (Å²) in [5.41, 5.74) is 1.62. The fourth-order valence-corrected chi connectivity index (χ4v) is 7.33. The first-order chi connectivity index (χ1) is 18.9. The zero-order valence-electron chi connectivity index (χ0n) is 24.1. The van der Waals surface area contributed by atoms with Crippen molar-refractivity contribution in [2.75, 3.05) is 0 Å². The van der Waals surface area contributed by atoms with E-state index >= 15 is 0 Å². The fraction of sp³-hybridized carbons (Fsp3) is 0.697. The lowest BCUT2D eigenvalue weighted by Gasteiger charge is -2.41. The Bertz CT molecular complexity index is 1080. The number of benzene rings is 1. The summed E-state index contributed by atoms with van der Waals surface area (Å²) in [5.74, 6) is 3.98. The van der Waals surface area contributed by atoms with Crippen LogP contribution < -0.4 is 9.47 Å². The van der Waals surface area contributed by atoms with Crippen LogP contribution in [-0.2, 0) is 9.59 Å². The van der Waals surface area contributed by atoms with Gasteiger partial charge in [-0.2, -0.15) is 10.2 Å². The number of carbonyl (C=O) groups is 2. The summed E-state index contributed by atoms with van der Waals surface area (Å²) in [5, 5.41) is 8.58. The second-order valence-corrected chi connectivity index (χ2v) is 12.9. The van der Waals surface area contributed by atoms with Gasteiger partial charge in [-0.05, 0) is 113 Å². The van der Waals surface area contributed by atoms with E-state index in [0.717, 1.165) is 86.5 Å². The molecule has 5 rings (SSSR count). The topological polar surface area (TPSA) is 77.3 Å². The largest absolute Gasteiger partial charge is 0.480 e. The molecule has 0 radical (unpaired) electrons. The molecule has 1 heterocycles. The monoisotopic (exact) mass is 534 g/mol. The number of nitrogens with zero attached hydrogens (tertiary/aromatic N) is 2. The highest BCUT2D eigenvalue weighted by molar-refractivity contribution is 6.16. The summed E-state index contributed by atoms with van der Waals surface area (Å²) in [7, 11) is 0. The Morgan fingerprint density at radius 2 is 1.67 bits per heavy atom. The summed E-state index contributed by atoms with van der Waals surface area (Å²) >= 11 is 0. The van der Waals surface area contributed by atoms with E-state index in [4.69, 9.17) is 9.47 Å². The lowest BCUT2D eigenvalue weighted by molar-refractivity contribution is -0.140. The van der Waals surface area contributed by atoms with Crippen molar-refractivity contribution < 1.29 is 19.1 Å². The third-order valence-corrected chi connectivity index (χ3v) is 10.1. The van der Waals surface area contributed by atoms with Crippen molar-refractivity contribution in [2.24, 2.45) is 39.8 Å². The van der Waals surface area contributed by atoms with Crippen LogP contribution in [0.2, 0.25) is 0 Å². The highest BCUT2D eigenvalue weighted by Crippen LogP contribution is 2.44. The van der Waals surface area contributed by atoms with E-state index < -0.39 is 5.60 Å². The van der Waals surface area contributed by atoms with E-state index in [1.165, 1.54) is 32.1 Å². The maximum Gasteiger partial charge on any atom is 0.314 e. The van der Waals surface area contributed by atoms with Gasteiger partial charge in [0.25, 0.3) is 0 Å². The fourth-order valence-electron chi connectivity index (χ4n) is 7.33. The molecule has 0 saturated heterocycles. The molecule has 3 saturated carbocycles. The molecule has 0 spiro atoms. The van der Waals surface area contributed by atoms with Crippen molar-refractivity contribution in [1.29, 1.82) is 0 Å². The lowest BCUT2D eigenvalue weighted by atomic mass is 9.68. The normalized spacial score (nSPS) is 33.2. The quantitative estimate of drug-likeness (QED) is 0.194. The van der Waals surface area contributed by atoms with Gasteiger partial charge in [-0.1, -0.05) is 33.1 Å². The molecule has 1 aliphatic heterocycles. The number of carbonyl (C=O) groups excluding carboxylic acids is 2. The number of hydrogen-bond donors (Lipinski definition) is 0. The molecule has 0 atom stereocenters. The van der Waals surface area contributed by atoms with Crippen molar-refractivity contribution in [2.45, 2.75) is 116 Å². The van der Waals surface area contributed by atoms with Gasteiger partial charge in [0.05, 0.1) is 11.6 Å². The van der Waals surface area contributed by atoms with Crippen LogP contribution in [0.25, 0.3) is 0 Å². The molecular weight excluding hydrogens is 488 g/mol. The summed E-state index contributed by atoms with van der Waals surface area (Å²) in [4.78, 5) is 25.4. The molecule has 6 nitrogen and oxygen atoms in total. The van der Waals surface area contributed by atoms with Crippen molar-refractivity contribution in [3.05, 3.63) is 23.8 Å². The highest BCUT2D eigenvalue weighted by Gasteiger charge is 2.40. The minimum absolute atomic E-state index is 0.0565. The van der Waals surface area contributed by atoms with Gasteiger partial charge in [-0.25, -0.2) is 0 Å². The van der Waals surface area contributed by atoms with Crippen LogP contribution >= 0.6 is 0 Å². The van der Waals surface area contributed by atoms with E-state index in [0.29, 0.717) is 29.8 Å².